The lowest BCUT2D eigenvalue weighted by molar-refractivity contribution is -0.0559. The third-order valence-electron chi connectivity index (χ3n) is 3.64. The van der Waals surface area contributed by atoms with E-state index in [1.165, 1.54) is 0 Å². The summed E-state index contributed by atoms with van der Waals surface area (Å²) in [7, 11) is 0. The molecule has 2 rings (SSSR count). The van der Waals surface area contributed by atoms with Gasteiger partial charge in [0.1, 0.15) is 11.5 Å². The molecule has 5 nitrogen and oxygen atoms in total. The van der Waals surface area contributed by atoms with Gasteiger partial charge in [-0.25, -0.2) is 0 Å². The van der Waals surface area contributed by atoms with Crippen LogP contribution < -0.4 is 14.2 Å². The molecular weight excluding hydrogens is 664 g/mol. The molecule has 0 fully saturated rings. The van der Waals surface area contributed by atoms with Gasteiger partial charge in [-0.1, -0.05) is 12.2 Å². The van der Waals surface area contributed by atoms with Gasteiger partial charge in [-0.05, 0) is 102 Å². The Labute approximate surface area is 216 Å². The van der Waals surface area contributed by atoms with Gasteiger partial charge >= 0.3 is 0 Å². The normalized spacial score (nSPS) is 12.7. The molecule has 0 aliphatic carbocycles. The summed E-state index contributed by atoms with van der Waals surface area (Å²) >= 11 is 14.1. The molecule has 2 unspecified atom stereocenters. The van der Waals surface area contributed by atoms with Gasteiger partial charge in [0.25, 0.3) is 0 Å². The van der Waals surface area contributed by atoms with Gasteiger partial charge in [-0.3, -0.25) is 0 Å². The van der Waals surface area contributed by atoms with Crippen molar-refractivity contribution in [1.82, 2.24) is 0 Å². The van der Waals surface area contributed by atoms with Gasteiger partial charge < -0.3 is 23.7 Å². The van der Waals surface area contributed by atoms with Crippen molar-refractivity contribution in [1.29, 1.82) is 0 Å². The zero-order valence-corrected chi connectivity index (χ0v) is 23.3. The highest BCUT2D eigenvalue weighted by atomic mass is 79.9. The van der Waals surface area contributed by atoms with Crippen molar-refractivity contribution in [3.63, 3.8) is 0 Å². The van der Waals surface area contributed by atoms with Crippen LogP contribution in [0.1, 0.15) is 13.8 Å². The zero-order chi connectivity index (χ0) is 23.0. The maximum atomic E-state index is 6.03. The molecule has 0 aromatic heterocycles. The van der Waals surface area contributed by atoms with Crippen LogP contribution in [-0.4, -0.2) is 25.8 Å². The molecule has 168 valence electrons. The summed E-state index contributed by atoms with van der Waals surface area (Å²) in [6.07, 6.45) is 2.47. The highest BCUT2D eigenvalue weighted by Crippen LogP contribution is 2.42. The van der Waals surface area contributed by atoms with Crippen molar-refractivity contribution in [3.05, 3.63) is 67.5 Å². The maximum Gasteiger partial charge on any atom is 0.197 e. The monoisotopic (exact) mass is 682 g/mol. The summed E-state index contributed by atoms with van der Waals surface area (Å²) in [5, 5.41) is 0. The summed E-state index contributed by atoms with van der Waals surface area (Å²) in [5.41, 5.74) is 0. The second kappa shape index (κ2) is 13.0. The van der Waals surface area contributed by atoms with Gasteiger partial charge in [0.05, 0.1) is 31.1 Å². The average molecular weight is 686 g/mol. The smallest absolute Gasteiger partial charge is 0.197 e. The van der Waals surface area contributed by atoms with Crippen LogP contribution in [0.3, 0.4) is 0 Å². The van der Waals surface area contributed by atoms with Crippen molar-refractivity contribution in [2.45, 2.75) is 26.4 Å². The van der Waals surface area contributed by atoms with E-state index >= 15 is 0 Å². The third-order valence-corrected chi connectivity index (χ3v) is 6.00. The Morgan fingerprint density at radius 2 is 1.03 bits per heavy atom. The van der Waals surface area contributed by atoms with Crippen LogP contribution in [0.5, 0.6) is 23.0 Å². The fraction of sp³-hybridized carbons (Fsp3) is 0.273. The number of rotatable bonds is 12. The molecule has 0 saturated heterocycles. The Kier molecular flexibility index (Phi) is 11.1. The molecule has 0 amide bonds. The van der Waals surface area contributed by atoms with Gasteiger partial charge in [0, 0.05) is 0 Å². The molecule has 0 bridgehead atoms. The minimum absolute atomic E-state index is 0.403. The first-order chi connectivity index (χ1) is 14.7. The second-order valence-electron chi connectivity index (χ2n) is 6.15. The van der Waals surface area contributed by atoms with Crippen LogP contribution >= 0.6 is 63.7 Å². The standard InChI is InChI=1S/C22H22Br4O5/c1-5-7-27-13(3)29-21-17(23)9-15(10-18(21)24)31-16-11-19(25)22(20(26)12-16)30-14(4)28-8-6-2/h5-6,9-14H,1-2,7-8H2,3-4H3. The lowest BCUT2D eigenvalue weighted by Crippen LogP contribution is -2.16. The minimum atomic E-state index is -0.435. The Balaban J connectivity index is 2.15. The van der Waals surface area contributed by atoms with Crippen molar-refractivity contribution >= 4 is 63.7 Å². The Hall–Kier alpha value is -0.840. The first kappa shape index (κ1) is 26.4. The largest absolute Gasteiger partial charge is 0.463 e. The molecule has 0 aliphatic heterocycles. The van der Waals surface area contributed by atoms with E-state index < -0.39 is 12.6 Å². The molecule has 0 saturated carbocycles. The molecule has 0 radical (unpaired) electrons. The van der Waals surface area contributed by atoms with E-state index in [-0.39, 0.29) is 0 Å². The predicted molar refractivity (Wildman–Crippen MR) is 136 cm³/mol. The number of ether oxygens (including phenoxy) is 5. The Bertz CT molecular complexity index is 799. The molecule has 2 aromatic carbocycles. The second-order valence-corrected chi connectivity index (χ2v) is 9.57. The minimum Gasteiger partial charge on any atom is -0.463 e. The van der Waals surface area contributed by atoms with Crippen LogP contribution in [0.2, 0.25) is 0 Å². The van der Waals surface area contributed by atoms with Gasteiger partial charge in [-0.15, -0.1) is 13.2 Å². The maximum absolute atomic E-state index is 6.03. The average Bonchev–Trinajstić information content (AvgIpc) is 2.70. The highest BCUT2D eigenvalue weighted by molar-refractivity contribution is 9.11. The van der Waals surface area contributed by atoms with Gasteiger partial charge in [-0.2, -0.15) is 0 Å². The number of hydrogen-bond acceptors (Lipinski definition) is 5. The lowest BCUT2D eigenvalue weighted by Gasteiger charge is -2.19. The van der Waals surface area contributed by atoms with Crippen molar-refractivity contribution in [2.24, 2.45) is 0 Å². The van der Waals surface area contributed by atoms with Crippen molar-refractivity contribution < 1.29 is 23.7 Å². The third kappa shape index (κ3) is 8.22. The first-order valence-electron chi connectivity index (χ1n) is 9.19. The molecule has 2 aromatic rings. The predicted octanol–water partition coefficient (Wildman–Crippen LogP) is 8.38. The summed E-state index contributed by atoms with van der Waals surface area (Å²) in [4.78, 5) is 0. The number of halogens is 4. The van der Waals surface area contributed by atoms with Crippen molar-refractivity contribution in [2.75, 3.05) is 13.2 Å². The molecule has 0 aliphatic rings. The summed E-state index contributed by atoms with van der Waals surface area (Å²) in [5.74, 6) is 2.45. The summed E-state index contributed by atoms with van der Waals surface area (Å²) in [6.45, 7) is 11.7. The quantitative estimate of drug-likeness (QED) is 0.166. The molecular formula is C22H22Br4O5. The van der Waals surface area contributed by atoms with Crippen LogP contribution in [0, 0.1) is 0 Å². The lowest BCUT2D eigenvalue weighted by atomic mass is 10.3. The SMILES string of the molecule is C=CCOC(C)Oc1c(Br)cc(Oc2cc(Br)c(OC(C)OCC=C)c(Br)c2)cc1Br. The Morgan fingerprint density at radius 1 is 0.710 bits per heavy atom. The van der Waals surface area contributed by atoms with Crippen LogP contribution in [0.25, 0.3) is 0 Å². The van der Waals surface area contributed by atoms with E-state index in [2.05, 4.69) is 76.9 Å². The molecule has 9 heteroatoms. The summed E-state index contributed by atoms with van der Waals surface area (Å²) < 4.78 is 31.5. The Morgan fingerprint density at radius 3 is 1.32 bits per heavy atom. The molecule has 0 spiro atoms. The van der Waals surface area contributed by atoms with Crippen LogP contribution in [-0.2, 0) is 9.47 Å². The van der Waals surface area contributed by atoms with E-state index in [1.54, 1.807) is 12.2 Å². The fourth-order valence-electron chi connectivity index (χ4n) is 2.36. The van der Waals surface area contributed by atoms with Gasteiger partial charge in [0.15, 0.2) is 24.1 Å². The highest BCUT2D eigenvalue weighted by Gasteiger charge is 2.16. The van der Waals surface area contributed by atoms with Crippen LogP contribution in [0.15, 0.2) is 67.5 Å². The van der Waals surface area contributed by atoms with Crippen molar-refractivity contribution in [3.8, 4) is 23.0 Å². The number of hydrogen-bond donors (Lipinski definition) is 0. The number of benzene rings is 2. The van der Waals surface area contributed by atoms with E-state index in [9.17, 15) is 0 Å². The van der Waals surface area contributed by atoms with E-state index in [0.717, 1.165) is 17.9 Å². The first-order valence-corrected chi connectivity index (χ1v) is 12.4. The molecule has 0 heterocycles. The zero-order valence-electron chi connectivity index (χ0n) is 17.0. The molecule has 0 N–H and O–H groups in total. The van der Waals surface area contributed by atoms with E-state index in [1.807, 2.05) is 38.1 Å². The van der Waals surface area contributed by atoms with Gasteiger partial charge in [0.2, 0.25) is 0 Å². The van der Waals surface area contributed by atoms with E-state index in [4.69, 9.17) is 23.7 Å². The molecule has 31 heavy (non-hydrogen) atoms. The van der Waals surface area contributed by atoms with E-state index in [0.29, 0.717) is 36.2 Å². The van der Waals surface area contributed by atoms with Crippen LogP contribution in [0.4, 0.5) is 0 Å². The molecule has 2 atom stereocenters. The fourth-order valence-corrected chi connectivity index (χ4v) is 5.02. The topological polar surface area (TPSA) is 46.2 Å². The summed E-state index contributed by atoms with van der Waals surface area (Å²) in [6, 6.07) is 7.27.